The van der Waals surface area contributed by atoms with Crippen LogP contribution in [0.25, 0.3) is 0 Å². The van der Waals surface area contributed by atoms with Crippen molar-refractivity contribution in [3.63, 3.8) is 0 Å². The van der Waals surface area contributed by atoms with Crippen LogP contribution in [0.2, 0.25) is 0 Å². The lowest BCUT2D eigenvalue weighted by molar-refractivity contribution is 0.0730. The molecule has 0 aliphatic carbocycles. The fraction of sp³-hybridized carbons (Fsp3) is 0.538. The lowest BCUT2D eigenvalue weighted by atomic mass is 10.1. The predicted molar refractivity (Wildman–Crippen MR) is 72.2 cm³/mol. The third kappa shape index (κ3) is 4.22. The second kappa shape index (κ2) is 6.60. The van der Waals surface area contributed by atoms with E-state index in [1.54, 1.807) is 23.1 Å². The number of sulfonamides is 1. The first kappa shape index (κ1) is 15.3. The fourth-order valence-electron chi connectivity index (χ4n) is 2.40. The highest BCUT2D eigenvalue weighted by Gasteiger charge is 2.26. The molecular weight excluding hydrogens is 286 g/mol. The van der Waals surface area contributed by atoms with Gasteiger partial charge in [-0.2, -0.15) is 0 Å². The minimum Gasteiger partial charge on any atom is -0.296 e. The Kier molecular flexibility index (Phi) is 5.06. The molecule has 20 heavy (non-hydrogen) atoms. The van der Waals surface area contributed by atoms with Crippen LogP contribution < -0.4 is 4.72 Å². The van der Waals surface area contributed by atoms with Gasteiger partial charge in [0.25, 0.3) is 6.43 Å². The van der Waals surface area contributed by atoms with Gasteiger partial charge in [0.2, 0.25) is 10.0 Å². The van der Waals surface area contributed by atoms with Crippen molar-refractivity contribution in [2.24, 2.45) is 0 Å². The molecule has 2 rings (SSSR count). The van der Waals surface area contributed by atoms with Crippen LogP contribution in [0, 0.1) is 0 Å². The van der Waals surface area contributed by atoms with Gasteiger partial charge < -0.3 is 0 Å². The lowest BCUT2D eigenvalue weighted by Crippen LogP contribution is -2.48. The summed E-state index contributed by atoms with van der Waals surface area (Å²) in [4.78, 5) is 1.80. The first-order valence-electron chi connectivity index (χ1n) is 6.55. The van der Waals surface area contributed by atoms with Crippen LogP contribution >= 0.6 is 0 Å². The molecule has 1 saturated heterocycles. The SMILES string of the molecule is O=S(=O)(NC1CCCN(CC(F)F)C1)c1ccccc1. The first-order valence-corrected chi connectivity index (χ1v) is 8.03. The number of alkyl halides is 2. The van der Waals surface area contributed by atoms with Crippen molar-refractivity contribution in [2.75, 3.05) is 19.6 Å². The van der Waals surface area contributed by atoms with Crippen molar-refractivity contribution in [1.82, 2.24) is 9.62 Å². The van der Waals surface area contributed by atoms with Crippen molar-refractivity contribution in [3.05, 3.63) is 30.3 Å². The summed E-state index contributed by atoms with van der Waals surface area (Å²) in [7, 11) is -3.58. The summed E-state index contributed by atoms with van der Waals surface area (Å²) in [5, 5.41) is 0. The molecule has 1 aromatic rings. The van der Waals surface area contributed by atoms with E-state index >= 15 is 0 Å². The molecule has 1 aliphatic rings. The minimum absolute atomic E-state index is 0.200. The Labute approximate surface area is 117 Å². The Morgan fingerprint density at radius 2 is 2.00 bits per heavy atom. The summed E-state index contributed by atoms with van der Waals surface area (Å²) >= 11 is 0. The van der Waals surface area contributed by atoms with E-state index in [0.717, 1.165) is 0 Å². The zero-order valence-corrected chi connectivity index (χ0v) is 11.8. The Morgan fingerprint density at radius 1 is 1.30 bits per heavy atom. The zero-order valence-electron chi connectivity index (χ0n) is 11.0. The van der Waals surface area contributed by atoms with E-state index in [-0.39, 0.29) is 17.5 Å². The van der Waals surface area contributed by atoms with Gasteiger partial charge in [-0.1, -0.05) is 18.2 Å². The molecule has 4 nitrogen and oxygen atoms in total. The molecular formula is C13H18F2N2O2S. The van der Waals surface area contributed by atoms with E-state index in [1.165, 1.54) is 12.1 Å². The van der Waals surface area contributed by atoms with Crippen LogP contribution in [0.1, 0.15) is 12.8 Å². The highest BCUT2D eigenvalue weighted by Crippen LogP contribution is 2.15. The average Bonchev–Trinajstić information content (AvgIpc) is 2.39. The fourth-order valence-corrected chi connectivity index (χ4v) is 3.68. The Bertz CT molecular complexity index is 522. The van der Waals surface area contributed by atoms with Gasteiger partial charge in [0, 0.05) is 12.6 Å². The molecule has 1 aliphatic heterocycles. The summed E-state index contributed by atoms with van der Waals surface area (Å²) in [6.45, 7) is 0.619. The van der Waals surface area contributed by atoms with Gasteiger partial charge >= 0.3 is 0 Å². The lowest BCUT2D eigenvalue weighted by Gasteiger charge is -2.32. The molecule has 0 saturated carbocycles. The van der Waals surface area contributed by atoms with E-state index in [4.69, 9.17) is 0 Å². The zero-order chi connectivity index (χ0) is 14.6. The number of nitrogens with one attached hydrogen (secondary N) is 1. The maximum absolute atomic E-state index is 12.4. The summed E-state index contributed by atoms with van der Waals surface area (Å²) < 4.78 is 51.6. The number of piperidine rings is 1. The summed E-state index contributed by atoms with van der Waals surface area (Å²) in [5.74, 6) is 0. The second-order valence-corrected chi connectivity index (χ2v) is 6.64. The molecule has 1 aromatic carbocycles. The number of halogens is 2. The quantitative estimate of drug-likeness (QED) is 0.900. The monoisotopic (exact) mass is 304 g/mol. The van der Waals surface area contributed by atoms with Crippen LogP contribution in [0.3, 0.4) is 0 Å². The third-order valence-corrected chi connectivity index (χ3v) is 4.81. The number of hydrogen-bond donors (Lipinski definition) is 1. The highest BCUT2D eigenvalue weighted by molar-refractivity contribution is 7.89. The van der Waals surface area contributed by atoms with Gasteiger partial charge in [0.15, 0.2) is 0 Å². The largest absolute Gasteiger partial charge is 0.296 e. The predicted octanol–water partition coefficient (Wildman–Crippen LogP) is 1.69. The second-order valence-electron chi connectivity index (χ2n) is 4.92. The van der Waals surface area contributed by atoms with Crippen LogP contribution in [0.5, 0.6) is 0 Å². The molecule has 0 amide bonds. The molecule has 1 N–H and O–H groups in total. The van der Waals surface area contributed by atoms with Gasteiger partial charge in [-0.3, -0.25) is 4.90 Å². The normalized spacial score (nSPS) is 21.2. The topological polar surface area (TPSA) is 49.4 Å². The molecule has 0 radical (unpaired) electrons. The molecule has 7 heteroatoms. The standard InChI is InChI=1S/C13H18F2N2O2S/c14-13(15)10-17-8-4-5-11(9-17)16-20(18,19)12-6-2-1-3-7-12/h1-3,6-7,11,13,16H,4-5,8-10H2. The van der Waals surface area contributed by atoms with Crippen molar-refractivity contribution >= 4 is 10.0 Å². The maximum Gasteiger partial charge on any atom is 0.251 e. The number of hydrogen-bond acceptors (Lipinski definition) is 3. The average molecular weight is 304 g/mol. The molecule has 1 atom stereocenters. The molecule has 112 valence electrons. The Balaban J connectivity index is 1.99. The van der Waals surface area contributed by atoms with Gasteiger partial charge in [-0.25, -0.2) is 21.9 Å². The molecule has 0 spiro atoms. The van der Waals surface area contributed by atoms with Crippen molar-refractivity contribution in [2.45, 2.75) is 30.2 Å². The number of likely N-dealkylation sites (tertiary alicyclic amines) is 1. The number of benzene rings is 1. The van der Waals surface area contributed by atoms with Gasteiger partial charge in [0.05, 0.1) is 11.4 Å². The summed E-state index contributed by atoms with van der Waals surface area (Å²) in [5.41, 5.74) is 0. The van der Waals surface area contributed by atoms with Crippen molar-refractivity contribution < 1.29 is 17.2 Å². The van der Waals surface area contributed by atoms with E-state index in [0.29, 0.717) is 25.9 Å². The van der Waals surface area contributed by atoms with Gasteiger partial charge in [-0.05, 0) is 31.5 Å². The van der Waals surface area contributed by atoms with Gasteiger partial charge in [-0.15, -0.1) is 0 Å². The van der Waals surface area contributed by atoms with Crippen molar-refractivity contribution in [3.8, 4) is 0 Å². The van der Waals surface area contributed by atoms with E-state index in [9.17, 15) is 17.2 Å². The molecule has 1 unspecified atom stereocenters. The highest BCUT2D eigenvalue weighted by atomic mass is 32.2. The van der Waals surface area contributed by atoms with E-state index in [2.05, 4.69) is 4.72 Å². The van der Waals surface area contributed by atoms with E-state index in [1.807, 2.05) is 0 Å². The van der Waals surface area contributed by atoms with Crippen LogP contribution in [-0.4, -0.2) is 45.4 Å². The molecule has 0 aromatic heterocycles. The third-order valence-electron chi connectivity index (χ3n) is 3.28. The van der Waals surface area contributed by atoms with Crippen LogP contribution in [0.4, 0.5) is 8.78 Å². The van der Waals surface area contributed by atoms with Crippen LogP contribution in [-0.2, 0) is 10.0 Å². The summed E-state index contributed by atoms with van der Waals surface area (Å²) in [6.07, 6.45) is -1.000. The van der Waals surface area contributed by atoms with Gasteiger partial charge in [0.1, 0.15) is 0 Å². The minimum atomic E-state index is -3.58. The van der Waals surface area contributed by atoms with Crippen LogP contribution in [0.15, 0.2) is 35.2 Å². The smallest absolute Gasteiger partial charge is 0.251 e. The molecule has 1 fully saturated rings. The number of rotatable bonds is 5. The Morgan fingerprint density at radius 3 is 2.65 bits per heavy atom. The maximum atomic E-state index is 12.4. The van der Waals surface area contributed by atoms with Crippen molar-refractivity contribution in [1.29, 1.82) is 0 Å². The van der Waals surface area contributed by atoms with E-state index < -0.39 is 16.4 Å². The Hall–Kier alpha value is -1.05. The number of nitrogens with zero attached hydrogens (tertiary/aromatic N) is 1. The first-order chi connectivity index (χ1) is 9.47. The summed E-state index contributed by atoms with van der Waals surface area (Å²) in [6, 6.07) is 7.76. The molecule has 0 bridgehead atoms. The molecule has 1 heterocycles.